The van der Waals surface area contributed by atoms with Crippen molar-refractivity contribution in [2.45, 2.75) is 13.0 Å². The molecule has 2 rings (SSSR count). The van der Waals surface area contributed by atoms with Crippen LogP contribution in [-0.2, 0) is 0 Å². The van der Waals surface area contributed by atoms with Crippen LogP contribution in [-0.4, -0.2) is 6.54 Å². The summed E-state index contributed by atoms with van der Waals surface area (Å²) in [5.41, 5.74) is 1.11. The molecule has 0 spiro atoms. The molecule has 0 aliphatic heterocycles. The zero-order chi connectivity index (χ0) is 14.7. The maximum atomic E-state index is 14.1. The van der Waals surface area contributed by atoms with Gasteiger partial charge in [0, 0.05) is 10.6 Å². The second-order valence-electron chi connectivity index (χ2n) is 4.30. The Hall–Kier alpha value is -0.970. The van der Waals surface area contributed by atoms with Crippen LogP contribution >= 0.6 is 27.5 Å². The molecule has 0 radical (unpaired) electrons. The van der Waals surface area contributed by atoms with E-state index < -0.39 is 6.04 Å². The van der Waals surface area contributed by atoms with E-state index in [1.807, 2.05) is 6.92 Å². The smallest absolute Gasteiger partial charge is 0.137 e. The minimum atomic E-state index is -0.425. The topological polar surface area (TPSA) is 12.0 Å². The molecule has 0 aliphatic rings. The minimum Gasteiger partial charge on any atom is -0.306 e. The predicted molar refractivity (Wildman–Crippen MR) is 81.0 cm³/mol. The highest BCUT2D eigenvalue weighted by Crippen LogP contribution is 2.32. The summed E-state index contributed by atoms with van der Waals surface area (Å²) in [7, 11) is 0. The van der Waals surface area contributed by atoms with Crippen molar-refractivity contribution in [3.8, 4) is 0 Å². The van der Waals surface area contributed by atoms with Gasteiger partial charge in [-0.3, -0.25) is 0 Å². The second kappa shape index (κ2) is 6.66. The fourth-order valence-electron chi connectivity index (χ4n) is 2.07. The first-order chi connectivity index (χ1) is 9.54. The Morgan fingerprint density at radius 3 is 2.55 bits per heavy atom. The highest BCUT2D eigenvalue weighted by atomic mass is 79.9. The third kappa shape index (κ3) is 3.19. The Morgan fingerprint density at radius 1 is 1.20 bits per heavy atom. The van der Waals surface area contributed by atoms with E-state index in [1.165, 1.54) is 12.1 Å². The zero-order valence-electron chi connectivity index (χ0n) is 10.8. The molecule has 1 nitrogen and oxygen atoms in total. The lowest BCUT2D eigenvalue weighted by Gasteiger charge is -2.21. The highest BCUT2D eigenvalue weighted by molar-refractivity contribution is 9.10. The standard InChI is InChI=1S/C15H13BrClF2N/c1-2-20-15(9-6-7-12(18)10(16)8-9)14-11(17)4-3-5-13(14)19/h3-8,15,20H,2H2,1H3. The molecule has 0 fully saturated rings. The van der Waals surface area contributed by atoms with Crippen LogP contribution < -0.4 is 5.32 Å². The summed E-state index contributed by atoms with van der Waals surface area (Å²) in [5.74, 6) is -0.743. The fourth-order valence-corrected chi connectivity index (χ4v) is 2.74. The van der Waals surface area contributed by atoms with Gasteiger partial charge in [0.05, 0.1) is 10.5 Å². The summed E-state index contributed by atoms with van der Waals surface area (Å²) in [6.45, 7) is 2.55. The molecule has 2 aromatic rings. The number of hydrogen-bond acceptors (Lipinski definition) is 1. The molecule has 1 N–H and O–H groups in total. The Kier molecular flexibility index (Phi) is 5.13. The van der Waals surface area contributed by atoms with E-state index in [0.29, 0.717) is 21.6 Å². The largest absolute Gasteiger partial charge is 0.306 e. The molecule has 0 saturated carbocycles. The molecule has 106 valence electrons. The summed E-state index contributed by atoms with van der Waals surface area (Å²) < 4.78 is 27.8. The van der Waals surface area contributed by atoms with Crippen molar-refractivity contribution >= 4 is 27.5 Å². The quantitative estimate of drug-likeness (QED) is 0.802. The lowest BCUT2D eigenvalue weighted by Crippen LogP contribution is -2.23. The molecule has 5 heteroatoms. The van der Waals surface area contributed by atoms with Crippen molar-refractivity contribution in [2.75, 3.05) is 6.54 Å². The molecule has 1 atom stereocenters. The van der Waals surface area contributed by atoms with E-state index in [0.717, 1.165) is 5.56 Å². The lowest BCUT2D eigenvalue weighted by molar-refractivity contribution is 0.557. The average molecular weight is 361 g/mol. The maximum absolute atomic E-state index is 14.1. The third-order valence-electron chi connectivity index (χ3n) is 2.97. The molecule has 0 saturated heterocycles. The number of nitrogens with one attached hydrogen (secondary N) is 1. The van der Waals surface area contributed by atoms with E-state index in [1.54, 1.807) is 24.3 Å². The predicted octanol–water partition coefficient (Wildman–Crippen LogP) is 5.08. The molecule has 0 bridgehead atoms. The average Bonchev–Trinajstić information content (AvgIpc) is 2.41. The summed E-state index contributed by atoms with van der Waals surface area (Å²) in [5, 5.41) is 3.52. The summed E-state index contributed by atoms with van der Waals surface area (Å²) in [6.07, 6.45) is 0. The lowest BCUT2D eigenvalue weighted by atomic mass is 9.98. The number of benzene rings is 2. The van der Waals surface area contributed by atoms with Gasteiger partial charge in [0.2, 0.25) is 0 Å². The van der Waals surface area contributed by atoms with Gasteiger partial charge in [0.15, 0.2) is 0 Å². The van der Waals surface area contributed by atoms with Crippen LogP contribution in [0.1, 0.15) is 24.1 Å². The molecule has 0 heterocycles. The zero-order valence-corrected chi connectivity index (χ0v) is 13.1. The van der Waals surface area contributed by atoms with Gasteiger partial charge in [0.25, 0.3) is 0 Å². The van der Waals surface area contributed by atoms with E-state index >= 15 is 0 Å². The normalized spacial score (nSPS) is 12.4. The molecular weight excluding hydrogens is 348 g/mol. The van der Waals surface area contributed by atoms with Crippen LogP contribution in [0.2, 0.25) is 5.02 Å². The third-order valence-corrected chi connectivity index (χ3v) is 3.91. The first-order valence-electron chi connectivity index (χ1n) is 6.16. The van der Waals surface area contributed by atoms with Gasteiger partial charge in [0.1, 0.15) is 11.6 Å². The summed E-state index contributed by atoms with van der Waals surface area (Å²) in [4.78, 5) is 0. The van der Waals surface area contributed by atoms with Gasteiger partial charge in [-0.25, -0.2) is 8.78 Å². The van der Waals surface area contributed by atoms with E-state index in [4.69, 9.17) is 11.6 Å². The van der Waals surface area contributed by atoms with Crippen molar-refractivity contribution in [1.82, 2.24) is 5.32 Å². The number of rotatable bonds is 4. The number of hydrogen-bond donors (Lipinski definition) is 1. The Labute approximate surface area is 130 Å². The van der Waals surface area contributed by atoms with Gasteiger partial charge in [-0.1, -0.05) is 30.7 Å². The van der Waals surface area contributed by atoms with Crippen molar-refractivity contribution in [3.63, 3.8) is 0 Å². The van der Waals surface area contributed by atoms with Crippen molar-refractivity contribution in [3.05, 3.63) is 68.7 Å². The second-order valence-corrected chi connectivity index (χ2v) is 5.56. The van der Waals surface area contributed by atoms with Crippen molar-refractivity contribution in [1.29, 1.82) is 0 Å². The molecule has 2 aromatic carbocycles. The van der Waals surface area contributed by atoms with E-state index in [-0.39, 0.29) is 11.6 Å². The van der Waals surface area contributed by atoms with Crippen molar-refractivity contribution < 1.29 is 8.78 Å². The summed E-state index contributed by atoms with van der Waals surface area (Å²) >= 11 is 9.26. The van der Waals surface area contributed by atoms with Crippen LogP contribution in [0, 0.1) is 11.6 Å². The van der Waals surface area contributed by atoms with Gasteiger partial charge in [-0.15, -0.1) is 0 Å². The molecule has 0 aromatic heterocycles. The van der Waals surface area contributed by atoms with Gasteiger partial charge in [-0.05, 0) is 52.3 Å². The summed E-state index contributed by atoms with van der Waals surface area (Å²) in [6, 6.07) is 8.74. The maximum Gasteiger partial charge on any atom is 0.137 e. The van der Waals surface area contributed by atoms with Crippen LogP contribution in [0.3, 0.4) is 0 Å². The minimum absolute atomic E-state index is 0.338. The van der Waals surface area contributed by atoms with E-state index in [2.05, 4.69) is 21.2 Å². The monoisotopic (exact) mass is 359 g/mol. The van der Waals surface area contributed by atoms with Crippen LogP contribution in [0.25, 0.3) is 0 Å². The number of halogens is 4. The van der Waals surface area contributed by atoms with Gasteiger partial charge in [-0.2, -0.15) is 0 Å². The van der Waals surface area contributed by atoms with Crippen LogP contribution in [0.5, 0.6) is 0 Å². The van der Waals surface area contributed by atoms with E-state index in [9.17, 15) is 8.78 Å². The molecule has 20 heavy (non-hydrogen) atoms. The first-order valence-corrected chi connectivity index (χ1v) is 7.34. The first kappa shape index (κ1) is 15.4. The molecule has 1 unspecified atom stereocenters. The van der Waals surface area contributed by atoms with Gasteiger partial charge >= 0.3 is 0 Å². The Bertz CT molecular complexity index is 599. The van der Waals surface area contributed by atoms with Gasteiger partial charge < -0.3 is 5.32 Å². The molecule has 0 aliphatic carbocycles. The Balaban J connectivity index is 2.53. The SMILES string of the molecule is CCNC(c1ccc(F)c(Br)c1)c1c(F)cccc1Cl. The van der Waals surface area contributed by atoms with Crippen molar-refractivity contribution in [2.24, 2.45) is 0 Å². The molecular formula is C15H13BrClF2N. The Morgan fingerprint density at radius 2 is 1.95 bits per heavy atom. The van der Waals surface area contributed by atoms with Crippen LogP contribution in [0.4, 0.5) is 8.78 Å². The van der Waals surface area contributed by atoms with Crippen LogP contribution in [0.15, 0.2) is 40.9 Å². The molecule has 0 amide bonds. The fraction of sp³-hybridized carbons (Fsp3) is 0.200. The highest BCUT2D eigenvalue weighted by Gasteiger charge is 2.20.